The molecule has 1 aliphatic heterocycles. The van der Waals surface area contributed by atoms with Gasteiger partial charge < -0.3 is 4.74 Å². The van der Waals surface area contributed by atoms with Gasteiger partial charge in [0.05, 0.1) is 5.56 Å². The minimum absolute atomic E-state index is 0.0872. The highest BCUT2D eigenvalue weighted by molar-refractivity contribution is 5.29. The van der Waals surface area contributed by atoms with Crippen molar-refractivity contribution in [1.29, 1.82) is 0 Å². The van der Waals surface area contributed by atoms with E-state index in [4.69, 9.17) is 4.74 Å². The van der Waals surface area contributed by atoms with Crippen molar-refractivity contribution in [2.45, 2.75) is 32.2 Å². The Morgan fingerprint density at radius 3 is 2.17 bits per heavy atom. The normalized spacial score (nSPS) is 17.9. The maximum absolute atomic E-state index is 12.4. The predicted octanol–water partition coefficient (Wildman–Crippen LogP) is 3.18. The van der Waals surface area contributed by atoms with E-state index in [-0.39, 0.29) is 6.10 Å². The van der Waals surface area contributed by atoms with E-state index in [0.717, 1.165) is 25.2 Å². The first-order valence-electron chi connectivity index (χ1n) is 5.94. The third-order valence-electron chi connectivity index (χ3n) is 3.09. The van der Waals surface area contributed by atoms with Crippen LogP contribution in [-0.2, 0) is 6.18 Å². The van der Waals surface area contributed by atoms with Gasteiger partial charge in [0, 0.05) is 19.1 Å². The van der Waals surface area contributed by atoms with Crippen LogP contribution in [0.25, 0.3) is 0 Å². The summed E-state index contributed by atoms with van der Waals surface area (Å²) in [6, 6.07) is 5.34. The Bertz CT molecular complexity index is 394. The van der Waals surface area contributed by atoms with Crippen molar-refractivity contribution >= 4 is 0 Å². The van der Waals surface area contributed by atoms with Crippen LogP contribution in [0.2, 0.25) is 0 Å². The highest BCUT2D eigenvalue weighted by atomic mass is 19.4. The molecule has 1 heterocycles. The van der Waals surface area contributed by atoms with Crippen molar-refractivity contribution in [1.82, 2.24) is 4.90 Å². The second kappa shape index (κ2) is 4.80. The zero-order valence-electron chi connectivity index (χ0n) is 10.4. The molecule has 0 spiro atoms. The fourth-order valence-electron chi connectivity index (χ4n) is 1.88. The minimum atomic E-state index is -4.29. The molecule has 1 aliphatic rings. The minimum Gasteiger partial charge on any atom is -0.488 e. The van der Waals surface area contributed by atoms with Gasteiger partial charge >= 0.3 is 6.18 Å². The molecule has 0 unspecified atom stereocenters. The fraction of sp³-hybridized carbons (Fsp3) is 0.538. The van der Waals surface area contributed by atoms with E-state index in [1.807, 2.05) is 0 Å². The number of ether oxygens (including phenoxy) is 1. The van der Waals surface area contributed by atoms with E-state index in [1.165, 1.54) is 12.1 Å². The molecule has 0 aromatic heterocycles. The van der Waals surface area contributed by atoms with Gasteiger partial charge in [-0.3, -0.25) is 4.90 Å². The summed E-state index contributed by atoms with van der Waals surface area (Å²) in [4.78, 5) is 2.24. The maximum atomic E-state index is 12.4. The van der Waals surface area contributed by atoms with Gasteiger partial charge in [-0.2, -0.15) is 13.2 Å². The summed E-state index contributed by atoms with van der Waals surface area (Å²) in [6.45, 7) is 5.88. The SMILES string of the molecule is CC(C)N1CC(Oc2ccc(C(F)(F)F)cc2)C1. The first kappa shape index (κ1) is 13.2. The summed E-state index contributed by atoms with van der Waals surface area (Å²) in [7, 11) is 0. The molecule has 0 saturated carbocycles. The summed E-state index contributed by atoms with van der Waals surface area (Å²) in [5.41, 5.74) is -0.646. The summed E-state index contributed by atoms with van der Waals surface area (Å²) in [5, 5.41) is 0. The van der Waals surface area contributed by atoms with E-state index in [2.05, 4.69) is 18.7 Å². The summed E-state index contributed by atoms with van der Waals surface area (Å²) < 4.78 is 42.6. The van der Waals surface area contributed by atoms with E-state index in [1.54, 1.807) is 0 Å². The van der Waals surface area contributed by atoms with Crippen LogP contribution in [0.5, 0.6) is 5.75 Å². The molecule has 18 heavy (non-hydrogen) atoms. The van der Waals surface area contributed by atoms with Gasteiger partial charge in [-0.1, -0.05) is 0 Å². The van der Waals surface area contributed by atoms with Crippen molar-refractivity contribution in [2.75, 3.05) is 13.1 Å². The van der Waals surface area contributed by atoms with Crippen LogP contribution < -0.4 is 4.74 Å². The fourth-order valence-corrected chi connectivity index (χ4v) is 1.88. The Morgan fingerprint density at radius 2 is 1.72 bits per heavy atom. The molecule has 1 aromatic rings. The predicted molar refractivity (Wildman–Crippen MR) is 62.6 cm³/mol. The molecule has 5 heteroatoms. The Kier molecular flexibility index (Phi) is 3.52. The van der Waals surface area contributed by atoms with Crippen molar-refractivity contribution < 1.29 is 17.9 Å². The van der Waals surface area contributed by atoms with Crippen LogP contribution in [0.3, 0.4) is 0 Å². The highest BCUT2D eigenvalue weighted by Crippen LogP contribution is 2.30. The van der Waals surface area contributed by atoms with Crippen LogP contribution in [0.1, 0.15) is 19.4 Å². The van der Waals surface area contributed by atoms with Crippen LogP contribution in [0.4, 0.5) is 13.2 Å². The Hall–Kier alpha value is -1.23. The number of alkyl halides is 3. The monoisotopic (exact) mass is 259 g/mol. The van der Waals surface area contributed by atoms with Crippen LogP contribution in [0, 0.1) is 0 Å². The highest BCUT2D eigenvalue weighted by Gasteiger charge is 2.31. The standard InChI is InChI=1S/C13H16F3NO/c1-9(2)17-7-12(8-17)18-11-5-3-10(4-6-11)13(14,15)16/h3-6,9,12H,7-8H2,1-2H3. The summed E-state index contributed by atoms with van der Waals surface area (Å²) >= 11 is 0. The van der Waals surface area contributed by atoms with Crippen molar-refractivity contribution in [2.24, 2.45) is 0 Å². The Balaban J connectivity index is 1.89. The number of halogens is 3. The van der Waals surface area contributed by atoms with E-state index in [9.17, 15) is 13.2 Å². The molecule has 0 aliphatic carbocycles. The number of nitrogens with zero attached hydrogens (tertiary/aromatic N) is 1. The number of hydrogen-bond acceptors (Lipinski definition) is 2. The van der Waals surface area contributed by atoms with Crippen LogP contribution >= 0.6 is 0 Å². The zero-order chi connectivity index (χ0) is 13.3. The lowest BCUT2D eigenvalue weighted by Crippen LogP contribution is -2.56. The Morgan fingerprint density at radius 1 is 1.17 bits per heavy atom. The lowest BCUT2D eigenvalue weighted by molar-refractivity contribution is -0.137. The van der Waals surface area contributed by atoms with Crippen LogP contribution in [-0.4, -0.2) is 30.1 Å². The lowest BCUT2D eigenvalue weighted by Gasteiger charge is -2.41. The number of hydrogen-bond donors (Lipinski definition) is 0. The quantitative estimate of drug-likeness (QED) is 0.826. The van der Waals surface area contributed by atoms with Crippen molar-refractivity contribution in [3.8, 4) is 5.75 Å². The molecule has 0 N–H and O–H groups in total. The molecule has 0 amide bonds. The van der Waals surface area contributed by atoms with E-state index in [0.29, 0.717) is 11.8 Å². The van der Waals surface area contributed by atoms with Crippen molar-refractivity contribution in [3.05, 3.63) is 29.8 Å². The zero-order valence-corrected chi connectivity index (χ0v) is 10.4. The first-order valence-corrected chi connectivity index (χ1v) is 5.94. The van der Waals surface area contributed by atoms with E-state index < -0.39 is 11.7 Å². The molecule has 0 bridgehead atoms. The molecule has 1 fully saturated rings. The van der Waals surface area contributed by atoms with Crippen molar-refractivity contribution in [3.63, 3.8) is 0 Å². The molecule has 0 radical (unpaired) electrons. The Labute approximate surface area is 104 Å². The largest absolute Gasteiger partial charge is 0.488 e. The lowest BCUT2D eigenvalue weighted by atomic mass is 10.1. The third kappa shape index (κ3) is 2.96. The molecule has 0 atom stereocenters. The summed E-state index contributed by atoms with van der Waals surface area (Å²) in [6.07, 6.45) is -4.20. The maximum Gasteiger partial charge on any atom is 0.416 e. The van der Waals surface area contributed by atoms with Gasteiger partial charge in [0.2, 0.25) is 0 Å². The topological polar surface area (TPSA) is 12.5 Å². The number of benzene rings is 1. The van der Waals surface area contributed by atoms with Gasteiger partial charge in [-0.15, -0.1) is 0 Å². The average molecular weight is 259 g/mol. The van der Waals surface area contributed by atoms with Gasteiger partial charge in [-0.25, -0.2) is 0 Å². The van der Waals surface area contributed by atoms with Gasteiger partial charge in [0.25, 0.3) is 0 Å². The molecule has 1 saturated heterocycles. The van der Waals surface area contributed by atoms with Crippen LogP contribution in [0.15, 0.2) is 24.3 Å². The molecule has 100 valence electrons. The van der Waals surface area contributed by atoms with Gasteiger partial charge in [0.1, 0.15) is 11.9 Å². The third-order valence-corrected chi connectivity index (χ3v) is 3.09. The molecule has 1 aromatic carbocycles. The molecular weight excluding hydrogens is 243 g/mol. The van der Waals surface area contributed by atoms with Gasteiger partial charge in [0.15, 0.2) is 0 Å². The number of rotatable bonds is 3. The molecule has 2 rings (SSSR count). The second-order valence-electron chi connectivity index (χ2n) is 4.81. The van der Waals surface area contributed by atoms with Gasteiger partial charge in [-0.05, 0) is 38.1 Å². The smallest absolute Gasteiger partial charge is 0.416 e. The first-order chi connectivity index (χ1) is 8.36. The number of likely N-dealkylation sites (tertiary alicyclic amines) is 1. The second-order valence-corrected chi connectivity index (χ2v) is 4.81. The average Bonchev–Trinajstić information content (AvgIpc) is 2.21. The van der Waals surface area contributed by atoms with E-state index >= 15 is 0 Å². The summed E-state index contributed by atoms with van der Waals surface area (Å²) in [5.74, 6) is 0.497. The molecule has 2 nitrogen and oxygen atoms in total. The molecular formula is C13H16F3NO.